The quantitative estimate of drug-likeness (QED) is 0.172. The van der Waals surface area contributed by atoms with Gasteiger partial charge in [-0.3, -0.25) is 9.79 Å². The first-order chi connectivity index (χ1) is 17.9. The Hall–Kier alpha value is -3.63. The van der Waals surface area contributed by atoms with Crippen LogP contribution in [0.15, 0.2) is 47.2 Å². The van der Waals surface area contributed by atoms with Gasteiger partial charge in [-0.1, -0.05) is 57.7 Å². The highest BCUT2D eigenvalue weighted by atomic mass is 16.1. The van der Waals surface area contributed by atoms with Crippen LogP contribution in [-0.4, -0.2) is 37.1 Å². The lowest BCUT2D eigenvalue weighted by Gasteiger charge is -2.25. The number of rotatable bonds is 9. The minimum atomic E-state index is -0.177. The minimum absolute atomic E-state index is 0.0649. The zero-order chi connectivity index (χ0) is 28.3. The van der Waals surface area contributed by atoms with Gasteiger partial charge in [-0.25, -0.2) is 5.10 Å². The SMILES string of the molecule is C=C.CC.CN.CNc1ccccc1N=CCCCC(C)(C)CNc1n[nH]c(=O)c2c1=C(C)C#CCC=2. The third kappa shape index (κ3) is 10.9. The fourth-order valence-corrected chi connectivity index (χ4v) is 3.61. The summed E-state index contributed by atoms with van der Waals surface area (Å²) in [5, 5.41) is 14.9. The molecule has 7 nitrogen and oxygen atoms in total. The maximum Gasteiger partial charge on any atom is 0.271 e. The van der Waals surface area contributed by atoms with E-state index < -0.39 is 0 Å². The van der Waals surface area contributed by atoms with Crippen molar-refractivity contribution < 1.29 is 0 Å². The summed E-state index contributed by atoms with van der Waals surface area (Å²) in [5.41, 5.74) is 7.26. The van der Waals surface area contributed by atoms with Crippen molar-refractivity contribution in [1.29, 1.82) is 0 Å². The van der Waals surface area contributed by atoms with E-state index in [1.165, 1.54) is 7.05 Å². The molecule has 7 heteroatoms. The number of hydrogen-bond donors (Lipinski definition) is 4. The average molecular weight is 507 g/mol. The van der Waals surface area contributed by atoms with Gasteiger partial charge in [0.15, 0.2) is 5.82 Å². The highest BCUT2D eigenvalue weighted by Gasteiger charge is 2.18. The Labute approximate surface area is 223 Å². The number of aliphatic imine (C=N–C) groups is 1. The lowest BCUT2D eigenvalue weighted by atomic mass is 9.87. The van der Waals surface area contributed by atoms with Crippen molar-refractivity contribution in [3.05, 3.63) is 58.2 Å². The van der Waals surface area contributed by atoms with E-state index in [1.54, 1.807) is 0 Å². The van der Waals surface area contributed by atoms with E-state index in [2.05, 4.69) is 70.4 Å². The summed E-state index contributed by atoms with van der Waals surface area (Å²) in [5.74, 6) is 6.87. The number of aromatic amines is 1. The van der Waals surface area contributed by atoms with Crippen LogP contribution >= 0.6 is 0 Å². The number of aromatic nitrogens is 2. The summed E-state index contributed by atoms with van der Waals surface area (Å²) in [7, 11) is 3.41. The molecule has 202 valence electrons. The summed E-state index contributed by atoms with van der Waals surface area (Å²) < 4.78 is 0. The first-order valence-electron chi connectivity index (χ1n) is 12.8. The van der Waals surface area contributed by atoms with E-state index in [-0.39, 0.29) is 11.0 Å². The van der Waals surface area contributed by atoms with Gasteiger partial charge in [0.2, 0.25) is 0 Å². The molecule has 0 aliphatic heterocycles. The molecule has 1 heterocycles. The van der Waals surface area contributed by atoms with E-state index in [0.717, 1.165) is 48.0 Å². The van der Waals surface area contributed by atoms with E-state index in [9.17, 15) is 4.79 Å². The van der Waals surface area contributed by atoms with Gasteiger partial charge in [-0.05, 0) is 50.8 Å². The van der Waals surface area contributed by atoms with Crippen LogP contribution in [0.5, 0.6) is 0 Å². The molecule has 0 radical (unpaired) electrons. The van der Waals surface area contributed by atoms with Gasteiger partial charge in [0, 0.05) is 37.0 Å². The molecule has 0 bridgehead atoms. The molecule has 0 amide bonds. The Morgan fingerprint density at radius 1 is 1.24 bits per heavy atom. The Balaban J connectivity index is 0.00000201. The number of hydrogen-bond acceptors (Lipinski definition) is 6. The molecule has 2 aromatic rings. The fourth-order valence-electron chi connectivity index (χ4n) is 3.61. The number of para-hydroxylation sites is 2. The van der Waals surface area contributed by atoms with E-state index >= 15 is 0 Å². The third-order valence-electron chi connectivity index (χ3n) is 5.40. The van der Waals surface area contributed by atoms with Gasteiger partial charge < -0.3 is 16.4 Å². The van der Waals surface area contributed by atoms with Crippen molar-refractivity contribution >= 4 is 35.1 Å². The zero-order valence-corrected chi connectivity index (χ0v) is 23.8. The van der Waals surface area contributed by atoms with Gasteiger partial charge in [0.1, 0.15) is 0 Å². The molecule has 0 spiro atoms. The molecule has 1 aliphatic carbocycles. The maximum absolute atomic E-state index is 12.2. The summed E-state index contributed by atoms with van der Waals surface area (Å²) in [6.07, 6.45) is 7.45. The summed E-state index contributed by atoms with van der Waals surface area (Å²) in [6, 6.07) is 8.03. The second kappa shape index (κ2) is 18.6. The first kappa shape index (κ1) is 33.4. The molecule has 0 saturated heterocycles. The predicted octanol–water partition coefficient (Wildman–Crippen LogP) is 4.58. The van der Waals surface area contributed by atoms with Crippen molar-refractivity contribution in [1.82, 2.24) is 10.2 Å². The smallest absolute Gasteiger partial charge is 0.271 e. The predicted molar refractivity (Wildman–Crippen MR) is 163 cm³/mol. The van der Waals surface area contributed by atoms with E-state index in [1.807, 2.05) is 64.4 Å². The van der Waals surface area contributed by atoms with Crippen LogP contribution in [0.25, 0.3) is 11.6 Å². The first-order valence-corrected chi connectivity index (χ1v) is 12.8. The lowest BCUT2D eigenvalue weighted by molar-refractivity contribution is 0.350. The van der Waals surface area contributed by atoms with Crippen molar-refractivity contribution in [3.8, 4) is 11.8 Å². The molecule has 3 rings (SSSR count). The Morgan fingerprint density at radius 3 is 2.59 bits per heavy atom. The Bertz CT molecular complexity index is 1220. The summed E-state index contributed by atoms with van der Waals surface area (Å²) in [6.45, 7) is 17.2. The van der Waals surface area contributed by atoms with Gasteiger partial charge in [0.05, 0.1) is 16.6 Å². The van der Waals surface area contributed by atoms with Crippen LogP contribution < -0.4 is 32.4 Å². The van der Waals surface area contributed by atoms with Crippen molar-refractivity contribution in [2.45, 2.75) is 60.3 Å². The summed E-state index contributed by atoms with van der Waals surface area (Å²) >= 11 is 0. The Kier molecular flexibility index (Phi) is 16.8. The normalized spacial score (nSPS) is 11.4. The molecule has 5 N–H and O–H groups in total. The average Bonchev–Trinajstić information content (AvgIpc) is 3.14. The van der Waals surface area contributed by atoms with E-state index in [0.29, 0.717) is 17.5 Å². The maximum atomic E-state index is 12.2. The van der Waals surface area contributed by atoms with Gasteiger partial charge in [0.25, 0.3) is 5.56 Å². The van der Waals surface area contributed by atoms with E-state index in [4.69, 9.17) is 0 Å². The van der Waals surface area contributed by atoms with Crippen LogP contribution in [0.3, 0.4) is 0 Å². The number of nitrogens with one attached hydrogen (secondary N) is 3. The van der Waals surface area contributed by atoms with Gasteiger partial charge in [-0.15, -0.1) is 13.2 Å². The standard InChI is InChI=1S/C25H31N5O.C2H6.C2H4.CH5N/c1-18-11-5-6-12-19-22(18)23(29-30-24(19)31)28-17-25(2,3)15-9-10-16-27-21-14-8-7-13-20(21)26-4;3*1-2/h7-8,12-14,16,26H,6,9-10,15,17H2,1-4H3,(H,28,29)(H,30,31);1-2H3;1-2H2;2H2,1H3. The van der Waals surface area contributed by atoms with Gasteiger partial charge >= 0.3 is 0 Å². The van der Waals surface area contributed by atoms with Crippen LogP contribution in [0.4, 0.5) is 17.2 Å². The number of benzene rings is 1. The topological polar surface area (TPSA) is 108 Å². The Morgan fingerprint density at radius 2 is 1.92 bits per heavy atom. The molecule has 1 aromatic heterocycles. The number of H-pyrrole nitrogens is 1. The molecule has 0 saturated carbocycles. The van der Waals surface area contributed by atoms with Crippen LogP contribution in [0.1, 0.15) is 60.3 Å². The molecular formula is C30H46N6O. The molecular weight excluding hydrogens is 460 g/mol. The second-order valence-electron chi connectivity index (χ2n) is 8.51. The van der Waals surface area contributed by atoms with Crippen LogP contribution in [0, 0.1) is 17.3 Å². The lowest BCUT2D eigenvalue weighted by Crippen LogP contribution is -2.44. The number of nitrogens with two attached hydrogens (primary N) is 1. The third-order valence-corrected chi connectivity index (χ3v) is 5.40. The molecule has 0 atom stereocenters. The number of nitrogens with zero attached hydrogens (tertiary/aromatic N) is 2. The molecule has 0 unspecified atom stereocenters. The largest absolute Gasteiger partial charge is 0.386 e. The fraction of sp³-hybridized carbons (Fsp3) is 0.433. The number of unbranched alkanes of at least 4 members (excludes halogenated alkanes) is 1. The van der Waals surface area contributed by atoms with Crippen LogP contribution in [-0.2, 0) is 0 Å². The highest BCUT2D eigenvalue weighted by Crippen LogP contribution is 2.25. The minimum Gasteiger partial charge on any atom is -0.386 e. The van der Waals surface area contributed by atoms with Gasteiger partial charge in [-0.2, -0.15) is 5.10 Å². The number of anilines is 2. The monoisotopic (exact) mass is 506 g/mol. The van der Waals surface area contributed by atoms with Crippen molar-refractivity contribution in [2.75, 3.05) is 31.3 Å². The second-order valence-corrected chi connectivity index (χ2v) is 8.51. The molecule has 1 aliphatic rings. The summed E-state index contributed by atoms with van der Waals surface area (Å²) in [4.78, 5) is 16.8. The van der Waals surface area contributed by atoms with Crippen molar-refractivity contribution in [3.63, 3.8) is 0 Å². The van der Waals surface area contributed by atoms with Crippen molar-refractivity contribution in [2.24, 2.45) is 16.1 Å². The molecule has 1 aromatic carbocycles. The molecule has 37 heavy (non-hydrogen) atoms. The molecule has 0 fully saturated rings. The number of fused-ring (bicyclic) bond motifs is 1. The zero-order valence-electron chi connectivity index (χ0n) is 23.8. The highest BCUT2D eigenvalue weighted by molar-refractivity contribution is 5.72. The van der Waals surface area contributed by atoms with Crippen LogP contribution in [0.2, 0.25) is 0 Å².